The van der Waals surface area contributed by atoms with Crippen LogP contribution in [0.25, 0.3) is 11.5 Å². The molecule has 2 heterocycles. The number of nitrogens with two attached hydrogens (primary N) is 1. The van der Waals surface area contributed by atoms with E-state index < -0.39 is 0 Å². The molecule has 0 aliphatic heterocycles. The second-order valence-corrected chi connectivity index (χ2v) is 4.82. The topological polar surface area (TPSA) is 61.7 Å². The van der Waals surface area contributed by atoms with Crippen molar-refractivity contribution in [3.05, 3.63) is 23.9 Å². The second kappa shape index (κ2) is 3.70. The van der Waals surface area contributed by atoms with Crippen LogP contribution in [0.2, 0.25) is 0 Å². The summed E-state index contributed by atoms with van der Waals surface area (Å²) in [4.78, 5) is 9.05. The quantitative estimate of drug-likeness (QED) is 0.783. The number of nitrogens with zero attached hydrogens (tertiary/aromatic N) is 4. The molecule has 1 aliphatic carbocycles. The molecule has 5 nitrogen and oxygen atoms in total. The lowest BCUT2D eigenvalue weighted by Crippen LogP contribution is -2.28. The summed E-state index contributed by atoms with van der Waals surface area (Å²) in [6, 6.07) is 0.258. The van der Waals surface area contributed by atoms with E-state index >= 15 is 0 Å². The first-order chi connectivity index (χ1) is 8.15. The van der Waals surface area contributed by atoms with E-state index in [-0.39, 0.29) is 6.04 Å². The van der Waals surface area contributed by atoms with Crippen LogP contribution in [0, 0.1) is 0 Å². The third-order valence-electron chi connectivity index (χ3n) is 3.44. The zero-order chi connectivity index (χ0) is 12.0. The molecule has 3 rings (SSSR count). The molecule has 2 N–H and O–H groups in total. The van der Waals surface area contributed by atoms with Crippen LogP contribution >= 0.6 is 0 Å². The van der Waals surface area contributed by atoms with Crippen molar-refractivity contribution in [2.75, 3.05) is 0 Å². The van der Waals surface area contributed by atoms with E-state index in [1.54, 1.807) is 6.33 Å². The molecule has 0 fully saturated rings. The predicted octanol–water partition coefficient (Wildman–Crippen LogP) is 0.637. The summed E-state index contributed by atoms with van der Waals surface area (Å²) in [7, 11) is 4.03. The van der Waals surface area contributed by atoms with Crippen molar-refractivity contribution in [2.45, 2.75) is 25.3 Å². The van der Waals surface area contributed by atoms with Crippen molar-refractivity contribution in [1.82, 2.24) is 19.1 Å². The van der Waals surface area contributed by atoms with Gasteiger partial charge in [-0.15, -0.1) is 0 Å². The third-order valence-corrected chi connectivity index (χ3v) is 3.44. The van der Waals surface area contributed by atoms with Crippen LogP contribution in [-0.4, -0.2) is 25.1 Å². The molecule has 1 atom stereocenters. The summed E-state index contributed by atoms with van der Waals surface area (Å²) in [5.41, 5.74) is 9.37. The van der Waals surface area contributed by atoms with Gasteiger partial charge in [-0.3, -0.25) is 0 Å². The van der Waals surface area contributed by atoms with Crippen molar-refractivity contribution in [3.63, 3.8) is 0 Å². The zero-order valence-corrected chi connectivity index (χ0v) is 10.2. The number of hydrogen-bond acceptors (Lipinski definition) is 3. The normalized spacial score (nSPS) is 19.4. The van der Waals surface area contributed by atoms with Crippen molar-refractivity contribution in [3.8, 4) is 11.5 Å². The van der Waals surface area contributed by atoms with E-state index in [1.807, 2.05) is 17.8 Å². The molecule has 1 unspecified atom stereocenters. The van der Waals surface area contributed by atoms with E-state index in [0.29, 0.717) is 0 Å². The maximum absolute atomic E-state index is 5.98. The molecule has 2 aromatic rings. The maximum atomic E-state index is 5.98. The summed E-state index contributed by atoms with van der Waals surface area (Å²) in [5.74, 6) is 0.949. The Balaban J connectivity index is 2.07. The van der Waals surface area contributed by atoms with E-state index in [4.69, 9.17) is 10.7 Å². The van der Waals surface area contributed by atoms with Gasteiger partial charge in [-0.05, 0) is 12.8 Å². The van der Waals surface area contributed by atoms with E-state index in [9.17, 15) is 0 Å². The molecule has 0 saturated heterocycles. The van der Waals surface area contributed by atoms with Gasteiger partial charge >= 0.3 is 0 Å². The highest BCUT2D eigenvalue weighted by Gasteiger charge is 2.23. The lowest BCUT2D eigenvalue weighted by atomic mass is 9.97. The van der Waals surface area contributed by atoms with Crippen LogP contribution in [0.4, 0.5) is 0 Å². The standard InChI is InChI=1S/C12H17N5/c1-16-6-10(14-7-16)12-15-9-5-8(13)3-4-11(9)17(12)2/h6-8H,3-5,13H2,1-2H3. The molecule has 90 valence electrons. The Kier molecular flexibility index (Phi) is 2.29. The third kappa shape index (κ3) is 1.67. The molecule has 17 heavy (non-hydrogen) atoms. The number of rotatable bonds is 1. The van der Waals surface area contributed by atoms with Crippen LogP contribution in [0.3, 0.4) is 0 Å². The van der Waals surface area contributed by atoms with Crippen molar-refractivity contribution >= 4 is 0 Å². The van der Waals surface area contributed by atoms with Gasteiger partial charge in [0.2, 0.25) is 0 Å². The molecule has 0 spiro atoms. The van der Waals surface area contributed by atoms with Crippen LogP contribution in [0.15, 0.2) is 12.5 Å². The van der Waals surface area contributed by atoms with Gasteiger partial charge in [0.15, 0.2) is 5.82 Å². The molecular formula is C12H17N5. The van der Waals surface area contributed by atoms with E-state index in [2.05, 4.69) is 16.6 Å². The van der Waals surface area contributed by atoms with Crippen molar-refractivity contribution < 1.29 is 0 Å². The molecule has 1 aliphatic rings. The molecule has 2 aromatic heterocycles. The molecular weight excluding hydrogens is 214 g/mol. The first kappa shape index (κ1) is 10.5. The summed E-state index contributed by atoms with van der Waals surface area (Å²) in [6.45, 7) is 0. The highest BCUT2D eigenvalue weighted by molar-refractivity contribution is 5.51. The first-order valence-electron chi connectivity index (χ1n) is 5.93. The predicted molar refractivity (Wildman–Crippen MR) is 65.4 cm³/mol. The molecule has 0 amide bonds. The minimum atomic E-state index is 0.258. The first-order valence-corrected chi connectivity index (χ1v) is 5.93. The van der Waals surface area contributed by atoms with Gasteiger partial charge < -0.3 is 14.9 Å². The van der Waals surface area contributed by atoms with Crippen molar-refractivity contribution in [1.29, 1.82) is 0 Å². The Morgan fingerprint density at radius 2 is 2.24 bits per heavy atom. The Morgan fingerprint density at radius 3 is 2.94 bits per heavy atom. The number of imidazole rings is 2. The van der Waals surface area contributed by atoms with Gasteiger partial charge in [-0.2, -0.15) is 0 Å². The van der Waals surface area contributed by atoms with Gasteiger partial charge in [0.1, 0.15) is 5.69 Å². The van der Waals surface area contributed by atoms with Gasteiger partial charge in [-0.1, -0.05) is 0 Å². The summed E-state index contributed by atoms with van der Waals surface area (Å²) < 4.78 is 4.10. The molecule has 0 radical (unpaired) electrons. The number of hydrogen-bond donors (Lipinski definition) is 1. The van der Waals surface area contributed by atoms with Crippen LogP contribution in [0.1, 0.15) is 17.8 Å². The summed E-state index contributed by atoms with van der Waals surface area (Å²) in [6.07, 6.45) is 6.75. The lowest BCUT2D eigenvalue weighted by molar-refractivity contribution is 0.554. The highest BCUT2D eigenvalue weighted by Crippen LogP contribution is 2.25. The van der Waals surface area contributed by atoms with Crippen LogP contribution in [-0.2, 0) is 26.9 Å². The van der Waals surface area contributed by atoms with Gasteiger partial charge in [0, 0.05) is 38.4 Å². The SMILES string of the molecule is Cn1cnc(-c2nc3c(n2C)CCC(N)C3)c1. The molecule has 0 bridgehead atoms. The average Bonchev–Trinajstić information content (AvgIpc) is 2.83. The van der Waals surface area contributed by atoms with Crippen molar-refractivity contribution in [2.24, 2.45) is 19.8 Å². The minimum Gasteiger partial charge on any atom is -0.340 e. The van der Waals surface area contributed by atoms with Gasteiger partial charge in [0.25, 0.3) is 0 Å². The Labute approximate surface area is 100 Å². The summed E-state index contributed by atoms with van der Waals surface area (Å²) in [5, 5.41) is 0. The average molecular weight is 231 g/mol. The van der Waals surface area contributed by atoms with E-state index in [1.165, 1.54) is 5.69 Å². The highest BCUT2D eigenvalue weighted by atomic mass is 15.1. The van der Waals surface area contributed by atoms with Gasteiger partial charge in [0.05, 0.1) is 12.0 Å². The molecule has 0 saturated carbocycles. The largest absolute Gasteiger partial charge is 0.340 e. The fraction of sp³-hybridized carbons (Fsp3) is 0.500. The zero-order valence-electron chi connectivity index (χ0n) is 10.2. The molecule has 5 heteroatoms. The smallest absolute Gasteiger partial charge is 0.160 e. The number of aryl methyl sites for hydroxylation is 1. The van der Waals surface area contributed by atoms with Crippen LogP contribution < -0.4 is 5.73 Å². The fourth-order valence-electron chi connectivity index (χ4n) is 2.49. The fourth-order valence-corrected chi connectivity index (χ4v) is 2.49. The monoisotopic (exact) mass is 231 g/mol. The van der Waals surface area contributed by atoms with E-state index in [0.717, 1.165) is 36.5 Å². The maximum Gasteiger partial charge on any atom is 0.160 e. The number of aromatic nitrogens is 4. The Bertz CT molecular complexity index is 551. The minimum absolute atomic E-state index is 0.258. The van der Waals surface area contributed by atoms with Crippen LogP contribution in [0.5, 0.6) is 0 Å². The Morgan fingerprint density at radius 1 is 1.41 bits per heavy atom. The lowest BCUT2D eigenvalue weighted by Gasteiger charge is -2.17. The second-order valence-electron chi connectivity index (χ2n) is 4.82. The Hall–Kier alpha value is -1.62. The molecule has 0 aromatic carbocycles. The number of fused-ring (bicyclic) bond motifs is 1. The summed E-state index contributed by atoms with van der Waals surface area (Å²) >= 11 is 0. The van der Waals surface area contributed by atoms with Gasteiger partial charge in [-0.25, -0.2) is 9.97 Å².